The highest BCUT2D eigenvalue weighted by atomic mass is 16.4. The van der Waals surface area contributed by atoms with Gasteiger partial charge in [-0.05, 0) is 30.7 Å². The predicted octanol–water partition coefficient (Wildman–Crippen LogP) is -3.92. The summed E-state index contributed by atoms with van der Waals surface area (Å²) in [6, 6.07) is -4.46. The van der Waals surface area contributed by atoms with Crippen LogP contribution < -0.4 is 43.0 Å². The molecule has 0 spiro atoms. The minimum atomic E-state index is -1.89. The lowest BCUT2D eigenvalue weighted by molar-refractivity contribution is -0.144. The molecular formula is C38H58N8O15. The van der Waals surface area contributed by atoms with Crippen molar-refractivity contribution in [3.8, 4) is 0 Å². The molecule has 1 rings (SSSR count). The SMILES string of the molecule is CC[C@H](C)[C@H](N)C(=O)N[C@@H](CC(=O)O)C(=O)N[C@@H](C)C(=O)N[C@@H](CC(C)C)C(=O)N[C@@H](CO)C(=O)N[C@@H](CO)C(=O)N[C@@H](CC(=O)O)C(=O)N[C@@H](Cc1ccccc1)C(=O)O. The molecule has 0 aliphatic heterocycles. The molecule has 0 radical (unpaired) electrons. The molecule has 7 amide bonds. The summed E-state index contributed by atoms with van der Waals surface area (Å²) in [5.74, 6) is -12.6. The Kier molecular flexibility index (Phi) is 22.6. The van der Waals surface area contributed by atoms with Gasteiger partial charge in [0.2, 0.25) is 41.4 Å². The molecule has 0 aliphatic carbocycles. The van der Waals surface area contributed by atoms with E-state index in [9.17, 15) is 73.5 Å². The van der Waals surface area contributed by atoms with Crippen molar-refractivity contribution in [3.05, 3.63) is 35.9 Å². The van der Waals surface area contributed by atoms with Gasteiger partial charge in [0, 0.05) is 6.42 Å². The van der Waals surface area contributed by atoms with E-state index in [1.807, 2.05) is 0 Å². The second-order valence-electron chi connectivity index (χ2n) is 14.7. The molecule has 1 aromatic carbocycles. The first-order valence-electron chi connectivity index (χ1n) is 19.3. The molecule has 14 N–H and O–H groups in total. The third-order valence-electron chi connectivity index (χ3n) is 9.20. The van der Waals surface area contributed by atoms with Crippen LogP contribution in [0.15, 0.2) is 30.3 Å². The highest BCUT2D eigenvalue weighted by molar-refractivity contribution is 5.98. The lowest BCUT2D eigenvalue weighted by atomic mass is 9.99. The molecule has 0 saturated carbocycles. The molecule has 61 heavy (non-hydrogen) atoms. The number of carboxylic acid groups (broad SMARTS) is 3. The van der Waals surface area contributed by atoms with Gasteiger partial charge in [-0.3, -0.25) is 43.2 Å². The highest BCUT2D eigenvalue weighted by Gasteiger charge is 2.35. The lowest BCUT2D eigenvalue weighted by Gasteiger charge is -2.27. The summed E-state index contributed by atoms with van der Waals surface area (Å²) in [4.78, 5) is 126. The summed E-state index contributed by atoms with van der Waals surface area (Å²) < 4.78 is 0. The first kappa shape index (κ1) is 52.8. The number of rotatable bonds is 27. The molecular weight excluding hydrogens is 808 g/mol. The molecule has 0 aromatic heterocycles. The second kappa shape index (κ2) is 26.1. The van der Waals surface area contributed by atoms with Crippen LogP contribution in [0, 0.1) is 11.8 Å². The van der Waals surface area contributed by atoms with Gasteiger partial charge in [0.1, 0.15) is 42.3 Å². The molecule has 1 aromatic rings. The van der Waals surface area contributed by atoms with Crippen LogP contribution in [-0.2, 0) is 54.4 Å². The fraction of sp³-hybridized carbons (Fsp3) is 0.579. The van der Waals surface area contributed by atoms with Crippen molar-refractivity contribution in [1.82, 2.24) is 37.2 Å². The van der Waals surface area contributed by atoms with Gasteiger partial charge in [0.05, 0.1) is 32.1 Å². The number of nitrogens with one attached hydrogen (secondary N) is 7. The summed E-state index contributed by atoms with van der Waals surface area (Å²) in [5, 5.41) is 63.7. The van der Waals surface area contributed by atoms with Gasteiger partial charge in [-0.25, -0.2) is 4.79 Å². The van der Waals surface area contributed by atoms with E-state index in [0.717, 1.165) is 0 Å². The van der Waals surface area contributed by atoms with Crippen molar-refractivity contribution < 1.29 is 73.5 Å². The molecule has 9 atom stereocenters. The van der Waals surface area contributed by atoms with Gasteiger partial charge in [-0.15, -0.1) is 0 Å². The topological polar surface area (TPSA) is 382 Å². The zero-order chi connectivity index (χ0) is 46.6. The molecule has 23 heteroatoms. The number of aliphatic carboxylic acids is 3. The maximum atomic E-state index is 13.4. The zero-order valence-electron chi connectivity index (χ0n) is 34.5. The molecule has 0 fully saturated rings. The van der Waals surface area contributed by atoms with Gasteiger partial charge in [0.15, 0.2) is 0 Å². The van der Waals surface area contributed by atoms with E-state index in [1.165, 1.54) is 6.92 Å². The van der Waals surface area contributed by atoms with Crippen LogP contribution >= 0.6 is 0 Å². The fourth-order valence-corrected chi connectivity index (χ4v) is 5.45. The Hall–Kier alpha value is -6.20. The summed E-state index contributed by atoms with van der Waals surface area (Å²) in [5.41, 5.74) is 6.42. The third kappa shape index (κ3) is 18.7. The molecule has 0 bridgehead atoms. The maximum absolute atomic E-state index is 13.4. The van der Waals surface area contributed by atoms with E-state index in [-0.39, 0.29) is 24.7 Å². The first-order chi connectivity index (χ1) is 28.5. The van der Waals surface area contributed by atoms with Crippen LogP contribution in [0.5, 0.6) is 0 Å². The normalized spacial score (nSPS) is 15.4. The van der Waals surface area contributed by atoms with E-state index in [4.69, 9.17) is 5.73 Å². The quantitative estimate of drug-likeness (QED) is 0.0402. The van der Waals surface area contributed by atoms with Crippen molar-refractivity contribution in [2.24, 2.45) is 17.6 Å². The van der Waals surface area contributed by atoms with Crippen LogP contribution in [0.1, 0.15) is 65.9 Å². The molecule has 340 valence electrons. The highest BCUT2D eigenvalue weighted by Crippen LogP contribution is 2.09. The van der Waals surface area contributed by atoms with Crippen LogP contribution in [0.3, 0.4) is 0 Å². The van der Waals surface area contributed by atoms with Gasteiger partial charge < -0.3 is 68.5 Å². The third-order valence-corrected chi connectivity index (χ3v) is 9.20. The van der Waals surface area contributed by atoms with E-state index < -0.39 is 134 Å². The lowest BCUT2D eigenvalue weighted by Crippen LogP contribution is -2.61. The Morgan fingerprint density at radius 1 is 0.541 bits per heavy atom. The number of hydrogen-bond acceptors (Lipinski definition) is 13. The summed E-state index contributed by atoms with van der Waals surface area (Å²) in [6.45, 7) is 5.84. The number of nitrogens with two attached hydrogens (primary N) is 1. The predicted molar refractivity (Wildman–Crippen MR) is 213 cm³/mol. The second-order valence-corrected chi connectivity index (χ2v) is 14.7. The van der Waals surface area contributed by atoms with E-state index in [1.54, 1.807) is 58.0 Å². The number of carbonyl (C=O) groups excluding carboxylic acids is 7. The van der Waals surface area contributed by atoms with Crippen LogP contribution in [0.4, 0.5) is 0 Å². The van der Waals surface area contributed by atoms with Crippen molar-refractivity contribution in [2.75, 3.05) is 13.2 Å². The number of aliphatic hydroxyl groups excluding tert-OH is 2. The van der Waals surface area contributed by atoms with Gasteiger partial charge in [-0.1, -0.05) is 64.4 Å². The minimum absolute atomic E-state index is 0.0496. The fourth-order valence-electron chi connectivity index (χ4n) is 5.45. The van der Waals surface area contributed by atoms with Gasteiger partial charge in [0.25, 0.3) is 0 Å². The zero-order valence-corrected chi connectivity index (χ0v) is 34.5. The number of carbonyl (C=O) groups is 10. The largest absolute Gasteiger partial charge is 0.481 e. The number of carboxylic acids is 3. The smallest absolute Gasteiger partial charge is 0.326 e. The number of amides is 7. The van der Waals surface area contributed by atoms with Crippen molar-refractivity contribution >= 4 is 59.3 Å². The van der Waals surface area contributed by atoms with Crippen molar-refractivity contribution in [2.45, 2.75) is 115 Å². The monoisotopic (exact) mass is 866 g/mol. The van der Waals surface area contributed by atoms with Crippen LogP contribution in [0.25, 0.3) is 0 Å². The van der Waals surface area contributed by atoms with Crippen LogP contribution in [0.2, 0.25) is 0 Å². The first-order valence-corrected chi connectivity index (χ1v) is 19.3. The van der Waals surface area contributed by atoms with Gasteiger partial charge >= 0.3 is 17.9 Å². The number of hydrogen-bond donors (Lipinski definition) is 13. The summed E-state index contributed by atoms with van der Waals surface area (Å²) >= 11 is 0. The Bertz CT molecular complexity index is 1710. The standard InChI is InChI=1S/C38H58N8O15/c1-6-19(4)30(39)37(59)43-23(14-28(49)50)32(54)40-20(5)31(53)41-22(12-18(2)3)33(55)45-27(17-48)36(58)46-26(16-47)35(57)42-24(15-29(51)52)34(56)44-25(38(60)61)13-21-10-8-7-9-11-21/h7-11,18-20,22-27,30,47-48H,6,12-17,39H2,1-5H3,(H,40,54)(H,41,53)(H,42,57)(H,43,59)(H,44,56)(H,45,55)(H,46,58)(H,49,50)(H,51,52)(H,60,61)/t19-,20-,22-,23-,24-,25-,26-,27-,30-/m0/s1. The average Bonchev–Trinajstić information content (AvgIpc) is 3.19. The Balaban J connectivity index is 3.06. The van der Waals surface area contributed by atoms with E-state index >= 15 is 0 Å². The molecule has 23 nitrogen and oxygen atoms in total. The summed E-state index contributed by atoms with van der Waals surface area (Å²) in [7, 11) is 0. The molecule has 0 saturated heterocycles. The minimum Gasteiger partial charge on any atom is -0.481 e. The van der Waals surface area contributed by atoms with Crippen molar-refractivity contribution in [3.63, 3.8) is 0 Å². The average molecular weight is 867 g/mol. The number of benzene rings is 1. The van der Waals surface area contributed by atoms with Gasteiger partial charge in [-0.2, -0.15) is 0 Å². The Morgan fingerprint density at radius 2 is 0.934 bits per heavy atom. The molecule has 0 unspecified atom stereocenters. The summed E-state index contributed by atoms with van der Waals surface area (Å²) in [6.07, 6.45) is -1.60. The molecule has 0 heterocycles. The van der Waals surface area contributed by atoms with E-state index in [0.29, 0.717) is 12.0 Å². The van der Waals surface area contributed by atoms with Crippen molar-refractivity contribution in [1.29, 1.82) is 0 Å². The number of aliphatic hydroxyl groups is 2. The van der Waals surface area contributed by atoms with E-state index in [2.05, 4.69) is 37.2 Å². The Morgan fingerprint density at radius 3 is 1.36 bits per heavy atom. The van der Waals surface area contributed by atoms with Crippen LogP contribution in [-0.4, -0.2) is 146 Å². The Labute approximate surface area is 351 Å². The maximum Gasteiger partial charge on any atom is 0.326 e. The molecule has 0 aliphatic rings.